The molecule has 8 heteroatoms. The van der Waals surface area contributed by atoms with Gasteiger partial charge in [-0.15, -0.1) is 0 Å². The van der Waals surface area contributed by atoms with E-state index in [1.165, 1.54) is 9.13 Å². The lowest BCUT2D eigenvalue weighted by atomic mass is 10.2. The standard InChI is InChI=1S/C22H20ClN5O2/c1-14-16(23)9-6-10-17(14)26-11-12-27-18-19(24-21(26)27)25(2)22(30)28(20(18)29)13-15-7-4-3-5-8-15/h3-10H,11-13H2,1-2H3. The van der Waals surface area contributed by atoms with E-state index >= 15 is 0 Å². The minimum absolute atomic E-state index is 0.222. The zero-order valence-electron chi connectivity index (χ0n) is 16.7. The molecule has 0 radical (unpaired) electrons. The Hall–Kier alpha value is -3.32. The molecule has 0 spiro atoms. The average Bonchev–Trinajstić information content (AvgIpc) is 3.32. The normalized spacial score (nSPS) is 13.2. The highest BCUT2D eigenvalue weighted by molar-refractivity contribution is 6.31. The average molecular weight is 422 g/mol. The number of hydrogen-bond donors (Lipinski definition) is 0. The molecule has 0 saturated heterocycles. The molecule has 30 heavy (non-hydrogen) atoms. The summed E-state index contributed by atoms with van der Waals surface area (Å²) in [4.78, 5) is 33.0. The Balaban J connectivity index is 1.71. The third-order valence-corrected chi connectivity index (χ3v) is 6.12. The summed E-state index contributed by atoms with van der Waals surface area (Å²) in [5.74, 6) is 0.653. The highest BCUT2D eigenvalue weighted by atomic mass is 35.5. The topological polar surface area (TPSA) is 65.1 Å². The van der Waals surface area contributed by atoms with E-state index in [0.29, 0.717) is 35.2 Å². The first-order valence-electron chi connectivity index (χ1n) is 9.74. The summed E-state index contributed by atoms with van der Waals surface area (Å²) in [6.45, 7) is 3.47. The fourth-order valence-corrected chi connectivity index (χ4v) is 4.27. The van der Waals surface area contributed by atoms with Crippen LogP contribution in [-0.2, 0) is 20.1 Å². The van der Waals surface area contributed by atoms with Crippen LogP contribution in [0.15, 0.2) is 58.1 Å². The summed E-state index contributed by atoms with van der Waals surface area (Å²) >= 11 is 6.31. The fraction of sp³-hybridized carbons (Fsp3) is 0.227. The van der Waals surface area contributed by atoms with E-state index in [2.05, 4.69) is 4.98 Å². The molecule has 0 bridgehead atoms. The number of imidazole rings is 1. The molecule has 1 aliphatic rings. The number of hydrogen-bond acceptors (Lipinski definition) is 4. The number of rotatable bonds is 3. The molecule has 0 aliphatic carbocycles. The van der Waals surface area contributed by atoms with Crippen LogP contribution in [0.3, 0.4) is 0 Å². The van der Waals surface area contributed by atoms with Gasteiger partial charge in [-0.2, -0.15) is 4.98 Å². The Bertz CT molecular complexity index is 1400. The Labute approximate surface area is 177 Å². The van der Waals surface area contributed by atoms with Gasteiger partial charge in [0.1, 0.15) is 0 Å². The quantitative estimate of drug-likeness (QED) is 0.510. The van der Waals surface area contributed by atoms with E-state index in [1.54, 1.807) is 7.05 Å². The van der Waals surface area contributed by atoms with Crippen LogP contribution >= 0.6 is 11.6 Å². The van der Waals surface area contributed by atoms with E-state index in [4.69, 9.17) is 11.6 Å². The van der Waals surface area contributed by atoms with E-state index in [0.717, 1.165) is 16.8 Å². The van der Waals surface area contributed by atoms with Crippen LogP contribution < -0.4 is 16.1 Å². The second-order valence-electron chi connectivity index (χ2n) is 7.49. The van der Waals surface area contributed by atoms with Gasteiger partial charge in [0.25, 0.3) is 5.56 Å². The molecule has 2 aromatic heterocycles. The first kappa shape index (κ1) is 18.7. The summed E-state index contributed by atoms with van der Waals surface area (Å²) in [6, 6.07) is 15.2. The van der Waals surface area contributed by atoms with Crippen molar-refractivity contribution in [2.75, 3.05) is 11.4 Å². The third-order valence-electron chi connectivity index (χ3n) is 5.71. The number of aromatic nitrogens is 4. The number of fused-ring (bicyclic) bond motifs is 3. The van der Waals surface area contributed by atoms with E-state index in [-0.39, 0.29) is 17.8 Å². The van der Waals surface area contributed by atoms with Crippen LogP contribution in [0.5, 0.6) is 0 Å². The van der Waals surface area contributed by atoms with Gasteiger partial charge in [-0.1, -0.05) is 48.0 Å². The van der Waals surface area contributed by atoms with Gasteiger partial charge in [0, 0.05) is 30.8 Å². The van der Waals surface area contributed by atoms with Crippen LogP contribution in [0.25, 0.3) is 11.2 Å². The van der Waals surface area contributed by atoms with E-state index in [1.807, 2.05) is 64.9 Å². The molecule has 0 unspecified atom stereocenters. The predicted molar refractivity (Wildman–Crippen MR) is 118 cm³/mol. The van der Waals surface area contributed by atoms with Gasteiger partial charge >= 0.3 is 5.69 Å². The monoisotopic (exact) mass is 421 g/mol. The van der Waals surface area contributed by atoms with Gasteiger partial charge < -0.3 is 9.47 Å². The minimum atomic E-state index is -0.376. The van der Waals surface area contributed by atoms with Crippen molar-refractivity contribution in [3.05, 3.63) is 85.5 Å². The summed E-state index contributed by atoms with van der Waals surface area (Å²) in [6.07, 6.45) is 0. The van der Waals surface area contributed by atoms with Crippen LogP contribution in [0, 0.1) is 6.92 Å². The first-order chi connectivity index (χ1) is 14.5. The van der Waals surface area contributed by atoms with Crippen LogP contribution in [-0.4, -0.2) is 25.2 Å². The Morgan fingerprint density at radius 3 is 2.57 bits per heavy atom. The maximum Gasteiger partial charge on any atom is 0.332 e. The Morgan fingerprint density at radius 2 is 1.80 bits per heavy atom. The van der Waals surface area contributed by atoms with E-state index in [9.17, 15) is 9.59 Å². The number of aryl methyl sites for hydroxylation is 1. The van der Waals surface area contributed by atoms with Crippen LogP contribution in [0.4, 0.5) is 11.6 Å². The number of benzene rings is 2. The molecule has 0 atom stereocenters. The lowest BCUT2D eigenvalue weighted by Gasteiger charge is -2.19. The zero-order valence-corrected chi connectivity index (χ0v) is 17.4. The molecule has 0 N–H and O–H groups in total. The largest absolute Gasteiger partial charge is 0.332 e. The number of anilines is 2. The van der Waals surface area contributed by atoms with Crippen molar-refractivity contribution in [1.29, 1.82) is 0 Å². The predicted octanol–water partition coefficient (Wildman–Crippen LogP) is 3.06. The highest BCUT2D eigenvalue weighted by Crippen LogP contribution is 2.35. The second kappa shape index (κ2) is 6.88. The maximum atomic E-state index is 13.3. The van der Waals surface area contributed by atoms with Gasteiger partial charge in [0.05, 0.1) is 6.54 Å². The maximum absolute atomic E-state index is 13.3. The summed E-state index contributed by atoms with van der Waals surface area (Å²) in [5.41, 5.74) is 2.95. The molecule has 3 heterocycles. The molecule has 2 aromatic carbocycles. The van der Waals surface area contributed by atoms with Crippen molar-refractivity contribution in [3.63, 3.8) is 0 Å². The Kier molecular flexibility index (Phi) is 4.29. The van der Waals surface area contributed by atoms with Gasteiger partial charge in [-0.3, -0.25) is 13.9 Å². The SMILES string of the molecule is Cc1c(Cl)cccc1N1CCn2c1nc1c2c(=O)n(Cc2ccccc2)c(=O)n1C. The van der Waals surface area contributed by atoms with Gasteiger partial charge in [-0.25, -0.2) is 4.79 Å². The molecular weight excluding hydrogens is 402 g/mol. The minimum Gasteiger partial charge on any atom is -0.310 e. The number of nitrogens with zero attached hydrogens (tertiary/aromatic N) is 5. The van der Waals surface area contributed by atoms with Crippen molar-refractivity contribution >= 4 is 34.4 Å². The molecule has 1 aliphatic heterocycles. The Morgan fingerprint density at radius 1 is 1.03 bits per heavy atom. The third kappa shape index (κ3) is 2.69. The van der Waals surface area contributed by atoms with Gasteiger partial charge in [0.15, 0.2) is 11.2 Å². The van der Waals surface area contributed by atoms with Crippen molar-refractivity contribution in [2.24, 2.45) is 7.05 Å². The smallest absolute Gasteiger partial charge is 0.310 e. The molecule has 0 saturated carbocycles. The summed E-state index contributed by atoms with van der Waals surface area (Å²) in [7, 11) is 1.66. The highest BCUT2D eigenvalue weighted by Gasteiger charge is 2.29. The van der Waals surface area contributed by atoms with Crippen LogP contribution in [0.1, 0.15) is 11.1 Å². The van der Waals surface area contributed by atoms with Gasteiger partial charge in [-0.05, 0) is 30.2 Å². The molecule has 5 rings (SSSR count). The van der Waals surface area contributed by atoms with E-state index < -0.39 is 0 Å². The lowest BCUT2D eigenvalue weighted by Crippen LogP contribution is -2.40. The molecular formula is C22H20ClN5O2. The first-order valence-corrected chi connectivity index (χ1v) is 10.1. The van der Waals surface area contributed by atoms with Crippen molar-refractivity contribution in [3.8, 4) is 0 Å². The fourth-order valence-electron chi connectivity index (χ4n) is 4.10. The van der Waals surface area contributed by atoms with Crippen molar-refractivity contribution in [2.45, 2.75) is 20.0 Å². The molecule has 152 valence electrons. The van der Waals surface area contributed by atoms with Crippen molar-refractivity contribution in [1.82, 2.24) is 18.7 Å². The number of halogens is 1. The molecule has 4 aromatic rings. The molecule has 7 nitrogen and oxygen atoms in total. The van der Waals surface area contributed by atoms with Gasteiger partial charge in [0.2, 0.25) is 5.95 Å². The second-order valence-corrected chi connectivity index (χ2v) is 7.90. The van der Waals surface area contributed by atoms with Crippen molar-refractivity contribution < 1.29 is 0 Å². The summed E-state index contributed by atoms with van der Waals surface area (Å²) in [5, 5.41) is 0.680. The molecule has 0 amide bonds. The lowest BCUT2D eigenvalue weighted by molar-refractivity contribution is 0.652. The summed E-state index contributed by atoms with van der Waals surface area (Å²) < 4.78 is 4.63. The van der Waals surface area contributed by atoms with Crippen LogP contribution in [0.2, 0.25) is 5.02 Å². The zero-order chi connectivity index (χ0) is 21.0. The molecule has 0 fully saturated rings.